The number of fused-ring (bicyclic) bond motifs is 1. The second-order valence-corrected chi connectivity index (χ2v) is 13.3. The van der Waals surface area contributed by atoms with Gasteiger partial charge in [-0.15, -0.1) is 0 Å². The summed E-state index contributed by atoms with van der Waals surface area (Å²) in [5, 5.41) is 6.16. The van der Waals surface area contributed by atoms with Crippen LogP contribution in [0.5, 0.6) is 0 Å². The van der Waals surface area contributed by atoms with Crippen LogP contribution >= 0.6 is 27.3 Å². The first-order chi connectivity index (χ1) is 18.7. The van der Waals surface area contributed by atoms with Gasteiger partial charge < -0.3 is 4.74 Å². The molecule has 1 fully saturated rings. The maximum Gasteiger partial charge on any atom is 0.280 e. The van der Waals surface area contributed by atoms with Crippen LogP contribution in [0, 0.1) is 6.92 Å². The topological polar surface area (TPSA) is 92.2 Å². The number of hydrazone groups is 1. The van der Waals surface area contributed by atoms with Gasteiger partial charge in [-0.25, -0.2) is 13.4 Å². The smallest absolute Gasteiger partial charge is 0.280 e. The van der Waals surface area contributed by atoms with Crippen LogP contribution < -0.4 is 5.01 Å². The number of benzene rings is 3. The number of nitrogens with zero attached hydrogens (tertiary/aromatic N) is 4. The molecule has 1 aliphatic rings. The minimum Gasteiger partial charge on any atom is -0.377 e. The van der Waals surface area contributed by atoms with Gasteiger partial charge in [0, 0.05) is 30.2 Å². The lowest BCUT2D eigenvalue weighted by molar-refractivity contribution is 0.0978. The molecule has 3 aromatic carbocycles. The van der Waals surface area contributed by atoms with Crippen molar-refractivity contribution in [1.29, 1.82) is 0 Å². The number of aromatic nitrogens is 1. The number of rotatable bonds is 8. The first-order valence-corrected chi connectivity index (χ1v) is 15.4. The first kappa shape index (κ1) is 27.6. The number of halogens is 1. The van der Waals surface area contributed by atoms with E-state index >= 15 is 0 Å². The van der Waals surface area contributed by atoms with Crippen LogP contribution in [-0.4, -0.2) is 56.1 Å². The highest BCUT2D eigenvalue weighted by Crippen LogP contribution is 2.32. The fraction of sp³-hybridized carbons (Fsp3) is 0.250. The molecule has 1 aromatic heterocycles. The maximum atomic E-state index is 13.7. The van der Waals surface area contributed by atoms with Gasteiger partial charge in [-0.05, 0) is 67.8 Å². The third-order valence-corrected chi connectivity index (χ3v) is 9.73. The molecule has 8 nitrogen and oxygen atoms in total. The Morgan fingerprint density at radius 1 is 1.15 bits per heavy atom. The number of sulfonamides is 1. The van der Waals surface area contributed by atoms with Crippen LogP contribution in [-0.2, 0) is 14.8 Å². The molecule has 1 unspecified atom stereocenters. The zero-order chi connectivity index (χ0) is 27.6. The summed E-state index contributed by atoms with van der Waals surface area (Å²) in [5.74, 6) is -0.423. The Hall–Kier alpha value is -2.96. The Bertz CT molecular complexity index is 1610. The third-order valence-electron chi connectivity index (χ3n) is 6.41. The Balaban J connectivity index is 1.43. The molecule has 0 spiro atoms. The molecule has 39 heavy (non-hydrogen) atoms. The fourth-order valence-corrected chi connectivity index (χ4v) is 6.86. The minimum atomic E-state index is -3.73. The van der Waals surface area contributed by atoms with Crippen molar-refractivity contribution in [1.82, 2.24) is 9.29 Å². The lowest BCUT2D eigenvalue weighted by Crippen LogP contribution is -2.34. The van der Waals surface area contributed by atoms with Crippen LogP contribution in [0.1, 0.15) is 34.3 Å². The number of likely N-dealkylation sites (N-methyl/N-ethyl adjacent to an activating group) is 1. The first-order valence-electron chi connectivity index (χ1n) is 12.4. The molecule has 1 saturated heterocycles. The molecule has 5 rings (SSSR count). The fourth-order valence-electron chi connectivity index (χ4n) is 4.19. The van der Waals surface area contributed by atoms with E-state index in [2.05, 4.69) is 26.0 Å². The van der Waals surface area contributed by atoms with Crippen molar-refractivity contribution in [3.63, 3.8) is 0 Å². The van der Waals surface area contributed by atoms with Crippen LogP contribution in [0.4, 0.5) is 5.13 Å². The lowest BCUT2D eigenvalue weighted by atomic mass is 10.2. The standard InChI is InChI=1S/C28H27BrN4O4S2/c1-19-5-7-20(8-6-19)17-30-33(28-31-25-14-11-22(29)16-26(25)38-28)27(34)21-9-12-24(13-10-21)39(35,36)32(2)18-23-4-3-15-37-23/h5-14,16-17,23H,3-4,15,18H2,1-2H3/b30-17+. The quantitative estimate of drug-likeness (QED) is 0.181. The summed E-state index contributed by atoms with van der Waals surface area (Å²) in [6.07, 6.45) is 3.29. The van der Waals surface area contributed by atoms with Crippen molar-refractivity contribution < 1.29 is 17.9 Å². The van der Waals surface area contributed by atoms with Crippen molar-refractivity contribution in [2.45, 2.75) is 30.8 Å². The molecule has 0 N–H and O–H groups in total. The molecule has 202 valence electrons. The van der Waals surface area contributed by atoms with Crippen LogP contribution in [0.25, 0.3) is 10.2 Å². The summed E-state index contributed by atoms with van der Waals surface area (Å²) < 4.78 is 34.9. The minimum absolute atomic E-state index is 0.0972. The molecule has 2 heterocycles. The van der Waals surface area contributed by atoms with Gasteiger partial charge in [-0.2, -0.15) is 14.4 Å². The SMILES string of the molecule is Cc1ccc(/C=N/N(C(=O)c2ccc(S(=O)(=O)N(C)CC3CCCO3)cc2)c2nc3ccc(Br)cc3s2)cc1. The van der Waals surface area contributed by atoms with Crippen molar-refractivity contribution >= 4 is 64.8 Å². The van der Waals surface area contributed by atoms with Gasteiger partial charge in [0.05, 0.1) is 27.4 Å². The molecule has 1 atom stereocenters. The van der Waals surface area contributed by atoms with Gasteiger partial charge in [-0.1, -0.05) is 57.1 Å². The molecule has 11 heteroatoms. The number of ether oxygens (including phenoxy) is 1. The van der Waals surface area contributed by atoms with Crippen molar-refractivity contribution in [2.24, 2.45) is 5.10 Å². The largest absolute Gasteiger partial charge is 0.377 e. The Morgan fingerprint density at radius 3 is 2.59 bits per heavy atom. The summed E-state index contributed by atoms with van der Waals surface area (Å²) in [4.78, 5) is 18.4. The highest BCUT2D eigenvalue weighted by Gasteiger charge is 2.27. The monoisotopic (exact) mass is 626 g/mol. The number of carbonyl (C=O) groups excluding carboxylic acids is 1. The van der Waals surface area contributed by atoms with Gasteiger partial charge in [0.15, 0.2) is 0 Å². The van der Waals surface area contributed by atoms with Crippen LogP contribution in [0.15, 0.2) is 81.2 Å². The van der Waals surface area contributed by atoms with Crippen molar-refractivity contribution in [3.05, 3.63) is 87.9 Å². The van der Waals surface area contributed by atoms with Gasteiger partial charge in [0.1, 0.15) is 0 Å². The third kappa shape index (κ3) is 6.28. The maximum absolute atomic E-state index is 13.7. The predicted octanol–water partition coefficient (Wildman–Crippen LogP) is 5.85. The van der Waals surface area contributed by atoms with Crippen molar-refractivity contribution in [2.75, 3.05) is 25.2 Å². The van der Waals surface area contributed by atoms with Gasteiger partial charge in [0.25, 0.3) is 5.91 Å². The average Bonchev–Trinajstić information content (AvgIpc) is 3.59. The second-order valence-electron chi connectivity index (χ2n) is 9.33. The second kappa shape index (κ2) is 11.6. The van der Waals surface area contributed by atoms with E-state index in [0.717, 1.165) is 38.7 Å². The van der Waals surface area contributed by atoms with Crippen molar-refractivity contribution in [3.8, 4) is 0 Å². The molecule has 0 bridgehead atoms. The van der Waals surface area contributed by atoms with E-state index in [0.29, 0.717) is 11.7 Å². The molecular formula is C28H27BrN4O4S2. The zero-order valence-corrected chi connectivity index (χ0v) is 24.7. The number of thiazole rings is 1. The van der Waals surface area contributed by atoms with E-state index < -0.39 is 15.9 Å². The van der Waals surface area contributed by atoms with E-state index in [4.69, 9.17) is 4.74 Å². The Kier molecular flexibility index (Phi) is 8.24. The number of hydrogen-bond donors (Lipinski definition) is 0. The molecule has 4 aromatic rings. The number of aryl methyl sites for hydroxylation is 1. The summed E-state index contributed by atoms with van der Waals surface area (Å²) in [7, 11) is -2.18. The molecule has 1 amide bonds. The number of anilines is 1. The van der Waals surface area contributed by atoms with Gasteiger partial charge in [-0.3, -0.25) is 4.79 Å². The van der Waals surface area contributed by atoms with E-state index in [1.54, 1.807) is 13.3 Å². The lowest BCUT2D eigenvalue weighted by Gasteiger charge is -2.20. The number of amides is 1. The van der Waals surface area contributed by atoms with E-state index in [-0.39, 0.29) is 23.1 Å². The van der Waals surface area contributed by atoms with Crippen LogP contribution in [0.2, 0.25) is 0 Å². The summed E-state index contributed by atoms with van der Waals surface area (Å²) >= 11 is 4.82. The molecule has 0 aliphatic carbocycles. The van der Waals surface area contributed by atoms with E-state index in [9.17, 15) is 13.2 Å². The van der Waals surface area contributed by atoms with E-state index in [1.807, 2.05) is 49.4 Å². The normalized spacial score (nSPS) is 15.9. The summed E-state index contributed by atoms with van der Waals surface area (Å²) in [6.45, 7) is 2.95. The Labute approximate surface area is 240 Å². The molecule has 0 saturated carbocycles. The molecule has 1 aliphatic heterocycles. The number of carbonyl (C=O) groups is 1. The zero-order valence-electron chi connectivity index (χ0n) is 21.5. The Morgan fingerprint density at radius 2 is 1.90 bits per heavy atom. The van der Waals surface area contributed by atoms with Gasteiger partial charge in [0.2, 0.25) is 15.2 Å². The average molecular weight is 628 g/mol. The summed E-state index contributed by atoms with van der Waals surface area (Å²) in [6, 6.07) is 19.4. The van der Waals surface area contributed by atoms with E-state index in [1.165, 1.54) is 44.9 Å². The predicted molar refractivity (Wildman–Crippen MR) is 158 cm³/mol. The van der Waals surface area contributed by atoms with Crippen LogP contribution in [0.3, 0.4) is 0 Å². The van der Waals surface area contributed by atoms with Gasteiger partial charge >= 0.3 is 0 Å². The highest BCUT2D eigenvalue weighted by atomic mass is 79.9. The number of hydrogen-bond acceptors (Lipinski definition) is 7. The molecule has 0 radical (unpaired) electrons. The molecular weight excluding hydrogens is 600 g/mol. The highest BCUT2D eigenvalue weighted by molar-refractivity contribution is 9.10. The summed E-state index contributed by atoms with van der Waals surface area (Å²) in [5.41, 5.74) is 2.99.